The lowest BCUT2D eigenvalue weighted by Crippen LogP contribution is -2.53. The van der Waals surface area contributed by atoms with Crippen molar-refractivity contribution in [2.24, 2.45) is 11.8 Å². The number of carbonyl (C=O) groups excluding carboxylic acids is 2. The topological polar surface area (TPSA) is 86.7 Å². The summed E-state index contributed by atoms with van der Waals surface area (Å²) in [6.45, 7) is 1.66. The minimum absolute atomic E-state index is 0.165. The van der Waals surface area contributed by atoms with E-state index >= 15 is 0 Å². The molecule has 2 N–H and O–H groups in total. The number of nitrogens with one attached hydrogen (secondary N) is 1. The van der Waals surface area contributed by atoms with Gasteiger partial charge in [-0.15, -0.1) is 11.3 Å². The maximum absolute atomic E-state index is 13.1. The highest BCUT2D eigenvalue weighted by Crippen LogP contribution is 2.49. The van der Waals surface area contributed by atoms with Crippen LogP contribution in [0.5, 0.6) is 0 Å². The van der Waals surface area contributed by atoms with Gasteiger partial charge in [0.05, 0.1) is 24.4 Å². The molecular weight excluding hydrogens is 352 g/mol. The number of carboxylic acid groups (broad SMARTS) is 1. The fourth-order valence-corrected chi connectivity index (χ4v) is 4.85. The molecule has 0 radical (unpaired) electrons. The largest absolute Gasteiger partial charge is 0.480 e. The number of thiophene rings is 1. The molecule has 0 aliphatic carbocycles. The van der Waals surface area contributed by atoms with E-state index < -0.39 is 35.3 Å². The molecule has 7 heteroatoms. The molecule has 0 saturated carbocycles. The van der Waals surface area contributed by atoms with Gasteiger partial charge in [-0.25, -0.2) is 0 Å². The van der Waals surface area contributed by atoms with Crippen LogP contribution in [0, 0.1) is 11.8 Å². The van der Waals surface area contributed by atoms with Crippen molar-refractivity contribution in [3.8, 4) is 0 Å². The van der Waals surface area contributed by atoms with Gasteiger partial charge in [-0.1, -0.05) is 36.4 Å². The van der Waals surface area contributed by atoms with Crippen LogP contribution in [-0.4, -0.2) is 33.3 Å². The Morgan fingerprint density at radius 2 is 1.92 bits per heavy atom. The lowest BCUT2D eigenvalue weighted by atomic mass is 9.81. The molecule has 0 bridgehead atoms. The standard InChI is InChI=1S/C19H18N2O4S/c1-19(18(24)25)14-13(15(20-19)12-8-5-9-26-12)16(22)21(17(14)23)10-11-6-3-2-4-7-11/h2-9,13-15,20H,10H2,1H3,(H,24,25). The van der Waals surface area contributed by atoms with Crippen LogP contribution in [0.1, 0.15) is 23.4 Å². The Kier molecular flexibility index (Phi) is 3.93. The Balaban J connectivity index is 1.73. The number of hydrogen-bond donors (Lipinski definition) is 2. The van der Waals surface area contributed by atoms with Crippen LogP contribution in [0.25, 0.3) is 0 Å². The molecule has 4 atom stereocenters. The third kappa shape index (κ3) is 2.39. The van der Waals surface area contributed by atoms with Crippen LogP contribution in [-0.2, 0) is 20.9 Å². The molecule has 2 aromatic rings. The quantitative estimate of drug-likeness (QED) is 0.805. The van der Waals surface area contributed by atoms with E-state index in [4.69, 9.17) is 0 Å². The predicted octanol–water partition coefficient (Wildman–Crippen LogP) is 2.04. The van der Waals surface area contributed by atoms with E-state index in [1.165, 1.54) is 23.2 Å². The van der Waals surface area contributed by atoms with E-state index in [2.05, 4.69) is 5.32 Å². The summed E-state index contributed by atoms with van der Waals surface area (Å²) in [4.78, 5) is 40.2. The average molecular weight is 370 g/mol. The first-order valence-corrected chi connectivity index (χ1v) is 9.25. The Morgan fingerprint density at radius 1 is 1.19 bits per heavy atom. The highest BCUT2D eigenvalue weighted by atomic mass is 32.1. The summed E-state index contributed by atoms with van der Waals surface area (Å²) < 4.78 is 0. The van der Waals surface area contributed by atoms with Gasteiger partial charge in [0.15, 0.2) is 0 Å². The maximum Gasteiger partial charge on any atom is 0.324 e. The zero-order valence-corrected chi connectivity index (χ0v) is 14.9. The van der Waals surface area contributed by atoms with Gasteiger partial charge in [0.1, 0.15) is 5.54 Å². The molecule has 4 unspecified atom stereocenters. The molecular formula is C19H18N2O4S. The Labute approximate surface area is 154 Å². The zero-order valence-electron chi connectivity index (χ0n) is 14.1. The van der Waals surface area contributed by atoms with E-state index in [1.54, 1.807) is 0 Å². The van der Waals surface area contributed by atoms with Gasteiger partial charge in [0, 0.05) is 4.88 Å². The fourth-order valence-electron chi connectivity index (χ4n) is 4.03. The summed E-state index contributed by atoms with van der Waals surface area (Å²) in [5, 5.41) is 14.7. The monoisotopic (exact) mass is 370 g/mol. The van der Waals surface area contributed by atoms with Crippen LogP contribution in [0.4, 0.5) is 0 Å². The molecule has 134 valence electrons. The highest BCUT2D eigenvalue weighted by Gasteiger charge is 2.66. The van der Waals surface area contributed by atoms with E-state index in [-0.39, 0.29) is 12.5 Å². The summed E-state index contributed by atoms with van der Waals surface area (Å²) in [5.74, 6) is -3.46. The Morgan fingerprint density at radius 3 is 2.54 bits per heavy atom. The molecule has 2 saturated heterocycles. The van der Waals surface area contributed by atoms with Crippen molar-refractivity contribution in [3.63, 3.8) is 0 Å². The van der Waals surface area contributed by atoms with Gasteiger partial charge in [0.2, 0.25) is 11.8 Å². The first kappa shape index (κ1) is 16.9. The zero-order chi connectivity index (χ0) is 18.5. The van der Waals surface area contributed by atoms with E-state index in [0.717, 1.165) is 10.4 Å². The lowest BCUT2D eigenvalue weighted by Gasteiger charge is -2.27. The van der Waals surface area contributed by atoms with Gasteiger partial charge in [-0.3, -0.25) is 24.6 Å². The van der Waals surface area contributed by atoms with Crippen molar-refractivity contribution in [2.75, 3.05) is 0 Å². The SMILES string of the molecule is CC1(C(=O)O)NC(c2cccs2)C2C(=O)N(Cc3ccccc3)C(=O)C21. The van der Waals surface area contributed by atoms with E-state index in [9.17, 15) is 19.5 Å². The van der Waals surface area contributed by atoms with Crippen molar-refractivity contribution in [3.05, 3.63) is 58.3 Å². The van der Waals surface area contributed by atoms with Crippen LogP contribution in [0.2, 0.25) is 0 Å². The number of rotatable bonds is 4. The molecule has 0 spiro atoms. The number of carboxylic acids is 1. The minimum atomic E-state index is -1.47. The summed E-state index contributed by atoms with van der Waals surface area (Å²) in [6.07, 6.45) is 0. The fraction of sp³-hybridized carbons (Fsp3) is 0.316. The number of carbonyl (C=O) groups is 3. The summed E-state index contributed by atoms with van der Waals surface area (Å²) in [5.41, 5.74) is -0.635. The second kappa shape index (κ2) is 6.03. The molecule has 2 aliphatic rings. The Hall–Kier alpha value is -2.51. The lowest BCUT2D eigenvalue weighted by molar-refractivity contribution is -0.150. The third-order valence-corrected chi connectivity index (χ3v) is 6.31. The number of likely N-dealkylation sites (tertiary alicyclic amines) is 1. The molecule has 1 aromatic heterocycles. The van der Waals surface area contributed by atoms with Crippen LogP contribution < -0.4 is 5.32 Å². The van der Waals surface area contributed by atoms with Crippen molar-refractivity contribution in [2.45, 2.75) is 25.0 Å². The molecule has 2 amide bonds. The van der Waals surface area contributed by atoms with E-state index in [0.29, 0.717) is 0 Å². The summed E-state index contributed by atoms with van der Waals surface area (Å²) in [7, 11) is 0. The molecule has 2 fully saturated rings. The summed E-state index contributed by atoms with van der Waals surface area (Å²) >= 11 is 1.45. The first-order valence-electron chi connectivity index (χ1n) is 8.37. The van der Waals surface area contributed by atoms with Gasteiger partial charge < -0.3 is 5.11 Å². The normalized spacial score (nSPS) is 30.7. The molecule has 1 aromatic carbocycles. The maximum atomic E-state index is 13.1. The number of aliphatic carboxylic acids is 1. The van der Waals surface area contributed by atoms with Crippen molar-refractivity contribution in [1.29, 1.82) is 0 Å². The number of imide groups is 1. The number of amides is 2. The minimum Gasteiger partial charge on any atom is -0.480 e. The second-order valence-electron chi connectivity index (χ2n) is 6.90. The molecule has 6 nitrogen and oxygen atoms in total. The van der Waals surface area contributed by atoms with Crippen molar-refractivity contribution < 1.29 is 19.5 Å². The van der Waals surface area contributed by atoms with Gasteiger partial charge in [-0.05, 0) is 23.9 Å². The predicted molar refractivity (Wildman–Crippen MR) is 95.2 cm³/mol. The highest BCUT2D eigenvalue weighted by molar-refractivity contribution is 7.10. The van der Waals surface area contributed by atoms with Gasteiger partial charge >= 0.3 is 5.97 Å². The van der Waals surface area contributed by atoms with Gasteiger partial charge in [-0.2, -0.15) is 0 Å². The molecule has 3 heterocycles. The Bertz CT molecular complexity index is 867. The van der Waals surface area contributed by atoms with Gasteiger partial charge in [0.25, 0.3) is 0 Å². The number of hydrogen-bond acceptors (Lipinski definition) is 5. The number of nitrogens with zero attached hydrogens (tertiary/aromatic N) is 1. The second-order valence-corrected chi connectivity index (χ2v) is 7.88. The molecule has 26 heavy (non-hydrogen) atoms. The first-order chi connectivity index (χ1) is 12.4. The average Bonchev–Trinajstić information content (AvgIpc) is 3.30. The van der Waals surface area contributed by atoms with Crippen LogP contribution >= 0.6 is 11.3 Å². The van der Waals surface area contributed by atoms with Crippen molar-refractivity contribution in [1.82, 2.24) is 10.2 Å². The smallest absolute Gasteiger partial charge is 0.324 e. The van der Waals surface area contributed by atoms with Crippen molar-refractivity contribution >= 4 is 29.1 Å². The molecule has 4 rings (SSSR count). The number of fused-ring (bicyclic) bond motifs is 1. The van der Waals surface area contributed by atoms with Crippen LogP contribution in [0.3, 0.4) is 0 Å². The third-order valence-electron chi connectivity index (χ3n) is 5.36. The number of benzene rings is 1. The van der Waals surface area contributed by atoms with Crippen LogP contribution in [0.15, 0.2) is 47.8 Å². The summed E-state index contributed by atoms with van der Waals surface area (Å²) in [6, 6.07) is 12.5. The molecule has 2 aliphatic heterocycles. The van der Waals surface area contributed by atoms with E-state index in [1.807, 2.05) is 47.8 Å².